The van der Waals surface area contributed by atoms with Crippen molar-refractivity contribution in [3.05, 3.63) is 12.7 Å². The maximum Gasteiger partial charge on any atom is 0.242 e. The van der Waals surface area contributed by atoms with Crippen LogP contribution in [-0.2, 0) is 9.47 Å². The fraction of sp³-hybridized carbons (Fsp3) is 0.667. The van der Waals surface area contributed by atoms with Crippen molar-refractivity contribution in [2.45, 2.75) is 56.0 Å². The average Bonchev–Trinajstić information content (AvgIpc) is 3.30. The normalized spacial score (nSPS) is 33.5. The lowest BCUT2D eigenvalue weighted by molar-refractivity contribution is -0.295. The highest BCUT2D eigenvalue weighted by Crippen LogP contribution is 2.43. The van der Waals surface area contributed by atoms with Crippen molar-refractivity contribution in [2.24, 2.45) is 0 Å². The minimum atomic E-state index is -2.03. The van der Waals surface area contributed by atoms with Crippen LogP contribution in [-0.4, -0.2) is 65.5 Å². The Bertz CT molecular complexity index is 764. The third-order valence-corrected chi connectivity index (χ3v) is 4.91. The molecule has 10 nitrogen and oxygen atoms in total. The molecule has 0 spiro atoms. The molecular formula is C15H21N5O5. The maximum atomic E-state index is 11.2. The quantitative estimate of drug-likeness (QED) is 0.525. The van der Waals surface area contributed by atoms with Crippen molar-refractivity contribution >= 4 is 17.0 Å². The van der Waals surface area contributed by atoms with Gasteiger partial charge in [-0.3, -0.25) is 4.57 Å². The number of nitrogen functional groups attached to an aromatic ring is 1. The zero-order valence-corrected chi connectivity index (χ0v) is 13.5. The van der Waals surface area contributed by atoms with Gasteiger partial charge < -0.3 is 30.5 Å². The molecule has 0 radical (unpaired) electrons. The molecule has 136 valence electrons. The standard InChI is InChI=1S/C15H21N5O5/c16-12-10-13(18-6-17-12)20(7-19-10)14-15(23,11(22)9(5-21)24-14)25-8-3-1-2-4-8/h6-9,11,14,21-23H,1-5H2,(H2,16,17,18)/t9-,11-,14-,15+/m1/s1. The van der Waals surface area contributed by atoms with Gasteiger partial charge in [0.05, 0.1) is 19.0 Å². The summed E-state index contributed by atoms with van der Waals surface area (Å²) in [7, 11) is 0. The summed E-state index contributed by atoms with van der Waals surface area (Å²) < 4.78 is 13.0. The second-order valence-corrected chi connectivity index (χ2v) is 6.51. The number of ether oxygens (including phenoxy) is 2. The van der Waals surface area contributed by atoms with Crippen molar-refractivity contribution in [1.82, 2.24) is 19.5 Å². The summed E-state index contributed by atoms with van der Waals surface area (Å²) in [6.45, 7) is -0.461. The molecule has 4 rings (SSSR count). The Balaban J connectivity index is 1.75. The van der Waals surface area contributed by atoms with E-state index in [0.717, 1.165) is 25.7 Å². The Labute approximate surface area is 143 Å². The number of aliphatic hydroxyl groups excluding tert-OH is 2. The first-order valence-corrected chi connectivity index (χ1v) is 8.32. The summed E-state index contributed by atoms with van der Waals surface area (Å²) >= 11 is 0. The first-order chi connectivity index (χ1) is 12.0. The molecule has 1 aliphatic heterocycles. The van der Waals surface area contributed by atoms with Crippen LogP contribution in [0.4, 0.5) is 5.82 Å². The zero-order chi connectivity index (χ0) is 17.6. The van der Waals surface area contributed by atoms with Gasteiger partial charge in [0.1, 0.15) is 24.1 Å². The Morgan fingerprint density at radius 3 is 2.80 bits per heavy atom. The third kappa shape index (κ3) is 2.57. The first kappa shape index (κ1) is 16.6. The molecule has 0 amide bonds. The van der Waals surface area contributed by atoms with E-state index in [9.17, 15) is 15.3 Å². The molecule has 1 aliphatic carbocycles. The number of nitrogens with zero attached hydrogens (tertiary/aromatic N) is 4. The lowest BCUT2D eigenvalue weighted by atomic mass is 10.1. The highest BCUT2D eigenvalue weighted by Gasteiger charge is 2.59. The molecule has 0 bridgehead atoms. The van der Waals surface area contributed by atoms with E-state index in [2.05, 4.69) is 15.0 Å². The van der Waals surface area contributed by atoms with Crippen LogP contribution in [0, 0.1) is 0 Å². The van der Waals surface area contributed by atoms with E-state index < -0.39 is 30.8 Å². The number of aliphatic hydroxyl groups is 3. The van der Waals surface area contributed by atoms with Gasteiger partial charge in [-0.15, -0.1) is 0 Å². The van der Waals surface area contributed by atoms with E-state index in [4.69, 9.17) is 15.2 Å². The largest absolute Gasteiger partial charge is 0.394 e. The maximum absolute atomic E-state index is 11.2. The van der Waals surface area contributed by atoms with Crippen LogP contribution in [0.15, 0.2) is 12.7 Å². The number of aromatic nitrogens is 4. The topological polar surface area (TPSA) is 149 Å². The summed E-state index contributed by atoms with van der Waals surface area (Å²) in [6, 6.07) is 0. The third-order valence-electron chi connectivity index (χ3n) is 4.91. The van der Waals surface area contributed by atoms with Gasteiger partial charge >= 0.3 is 0 Å². The van der Waals surface area contributed by atoms with Crippen LogP contribution in [0.25, 0.3) is 11.2 Å². The lowest BCUT2D eigenvalue weighted by Gasteiger charge is -2.34. The zero-order valence-electron chi connectivity index (χ0n) is 13.5. The fourth-order valence-electron chi connectivity index (χ4n) is 3.60. The molecule has 3 heterocycles. The van der Waals surface area contributed by atoms with Gasteiger partial charge in [0.15, 0.2) is 17.7 Å². The minimum absolute atomic E-state index is 0.183. The molecule has 0 unspecified atom stereocenters. The number of hydrogen-bond donors (Lipinski definition) is 4. The molecule has 2 aromatic rings. The molecule has 2 aromatic heterocycles. The Kier molecular flexibility index (Phi) is 4.08. The summed E-state index contributed by atoms with van der Waals surface area (Å²) in [4.78, 5) is 12.2. The lowest BCUT2D eigenvalue weighted by Crippen LogP contribution is -2.51. The number of fused-ring (bicyclic) bond motifs is 1. The van der Waals surface area contributed by atoms with Crippen molar-refractivity contribution in [1.29, 1.82) is 0 Å². The summed E-state index contributed by atoms with van der Waals surface area (Å²) in [6.07, 6.45) is 2.56. The fourth-order valence-corrected chi connectivity index (χ4v) is 3.60. The van der Waals surface area contributed by atoms with Gasteiger partial charge in [-0.2, -0.15) is 0 Å². The van der Waals surface area contributed by atoms with Crippen LogP contribution in [0.2, 0.25) is 0 Å². The van der Waals surface area contributed by atoms with Crippen molar-refractivity contribution in [3.8, 4) is 0 Å². The van der Waals surface area contributed by atoms with E-state index in [1.165, 1.54) is 17.2 Å². The predicted molar refractivity (Wildman–Crippen MR) is 85.0 cm³/mol. The predicted octanol–water partition coefficient (Wildman–Crippen LogP) is -0.693. The molecule has 5 N–H and O–H groups in total. The second kappa shape index (κ2) is 6.15. The first-order valence-electron chi connectivity index (χ1n) is 8.32. The smallest absolute Gasteiger partial charge is 0.242 e. The van der Waals surface area contributed by atoms with E-state index in [-0.39, 0.29) is 11.9 Å². The van der Waals surface area contributed by atoms with E-state index in [0.29, 0.717) is 11.2 Å². The number of nitrogens with two attached hydrogens (primary N) is 1. The van der Waals surface area contributed by atoms with Gasteiger partial charge in [0.25, 0.3) is 0 Å². The van der Waals surface area contributed by atoms with Crippen molar-refractivity contribution in [2.75, 3.05) is 12.3 Å². The number of imidazole rings is 1. The van der Waals surface area contributed by atoms with Gasteiger partial charge in [-0.25, -0.2) is 15.0 Å². The molecule has 2 fully saturated rings. The van der Waals surface area contributed by atoms with Gasteiger partial charge in [-0.1, -0.05) is 12.8 Å². The van der Waals surface area contributed by atoms with E-state index in [1.54, 1.807) is 0 Å². The van der Waals surface area contributed by atoms with Crippen LogP contribution in [0.3, 0.4) is 0 Å². The molecule has 4 atom stereocenters. The molecule has 10 heteroatoms. The number of hydrogen-bond acceptors (Lipinski definition) is 9. The van der Waals surface area contributed by atoms with Crippen molar-refractivity contribution < 1.29 is 24.8 Å². The minimum Gasteiger partial charge on any atom is -0.394 e. The Morgan fingerprint density at radius 2 is 2.08 bits per heavy atom. The van der Waals surface area contributed by atoms with E-state index >= 15 is 0 Å². The molecule has 0 aromatic carbocycles. The van der Waals surface area contributed by atoms with Gasteiger partial charge in [0.2, 0.25) is 5.79 Å². The molecule has 1 saturated carbocycles. The number of rotatable bonds is 4. The van der Waals surface area contributed by atoms with E-state index in [1.807, 2.05) is 0 Å². The van der Waals surface area contributed by atoms with Crippen molar-refractivity contribution in [3.63, 3.8) is 0 Å². The molecule has 25 heavy (non-hydrogen) atoms. The van der Waals surface area contributed by atoms with Gasteiger partial charge in [0, 0.05) is 0 Å². The number of anilines is 1. The SMILES string of the molecule is Nc1ncnc2c1ncn2[C@@H]1O[C@H](CO)[C@@H](O)[C@]1(O)OC1CCCC1. The Morgan fingerprint density at radius 1 is 1.32 bits per heavy atom. The summed E-state index contributed by atoms with van der Waals surface area (Å²) in [5.41, 5.74) is 6.50. The highest BCUT2D eigenvalue weighted by atomic mass is 16.7. The molecule has 2 aliphatic rings. The van der Waals surface area contributed by atoms with Crippen LogP contribution >= 0.6 is 0 Å². The van der Waals surface area contributed by atoms with Crippen LogP contribution < -0.4 is 5.73 Å². The van der Waals surface area contributed by atoms with Gasteiger partial charge in [-0.05, 0) is 12.8 Å². The molecule has 1 saturated heterocycles. The van der Waals surface area contributed by atoms with Crippen LogP contribution in [0.5, 0.6) is 0 Å². The average molecular weight is 351 g/mol. The highest BCUT2D eigenvalue weighted by molar-refractivity contribution is 5.81. The van der Waals surface area contributed by atoms with Crippen LogP contribution in [0.1, 0.15) is 31.9 Å². The summed E-state index contributed by atoms with van der Waals surface area (Å²) in [5.74, 6) is -1.84. The second-order valence-electron chi connectivity index (χ2n) is 6.51. The Hall–Kier alpha value is -1.85. The monoisotopic (exact) mass is 351 g/mol. The summed E-state index contributed by atoms with van der Waals surface area (Å²) in [5, 5.41) is 31.1. The molecular weight excluding hydrogens is 330 g/mol.